The zero-order valence-electron chi connectivity index (χ0n) is 12.2. The monoisotopic (exact) mass is 289 g/mol. The lowest BCUT2D eigenvalue weighted by Crippen LogP contribution is -2.26. The largest absolute Gasteiger partial charge is 0.306 e. The van der Waals surface area contributed by atoms with Crippen molar-refractivity contribution in [2.24, 2.45) is 0 Å². The van der Waals surface area contributed by atoms with Crippen LogP contribution < -0.4 is 5.56 Å². The number of aromatic nitrogens is 1. The smallest absolute Gasteiger partial charge is 0.255 e. The van der Waals surface area contributed by atoms with Gasteiger partial charge in [0.05, 0.1) is 11.6 Å². The average Bonchev–Trinajstić information content (AvgIpc) is 2.46. The van der Waals surface area contributed by atoms with Gasteiger partial charge in [-0.1, -0.05) is 37.3 Å². The molecule has 0 radical (unpaired) electrons. The summed E-state index contributed by atoms with van der Waals surface area (Å²) in [5.74, 6) is 0.251. The molecule has 0 aliphatic rings. The third-order valence-corrected chi connectivity index (χ3v) is 3.80. The van der Waals surface area contributed by atoms with Crippen molar-refractivity contribution in [1.82, 2.24) is 4.57 Å². The molecule has 1 aromatic carbocycles. The Balaban J connectivity index is 2.61. The lowest BCUT2D eigenvalue weighted by atomic mass is 10.1. The molecule has 2 rings (SSSR count). The minimum absolute atomic E-state index is 0.00654. The van der Waals surface area contributed by atoms with Gasteiger partial charge in [-0.25, -0.2) is 0 Å². The summed E-state index contributed by atoms with van der Waals surface area (Å²) in [6.45, 7) is 6.17. The number of rotatable bonds is 4. The topological polar surface area (TPSA) is 22.0 Å². The van der Waals surface area contributed by atoms with E-state index in [1.54, 1.807) is 0 Å². The second kappa shape index (κ2) is 6.27. The number of pyridine rings is 1. The summed E-state index contributed by atoms with van der Waals surface area (Å²) in [6.07, 6.45) is 1.02. The first-order valence-corrected chi connectivity index (χ1v) is 7.51. The maximum atomic E-state index is 12.4. The van der Waals surface area contributed by atoms with Crippen molar-refractivity contribution in [2.45, 2.75) is 39.1 Å². The zero-order valence-corrected chi connectivity index (χ0v) is 12.9. The average molecular weight is 290 g/mol. The van der Waals surface area contributed by atoms with Gasteiger partial charge in [-0.15, -0.1) is 11.6 Å². The van der Waals surface area contributed by atoms with Crippen molar-refractivity contribution in [3.63, 3.8) is 0 Å². The van der Waals surface area contributed by atoms with Crippen LogP contribution in [0.2, 0.25) is 0 Å². The summed E-state index contributed by atoms with van der Waals surface area (Å²) < 4.78 is 1.82. The first kappa shape index (κ1) is 14.9. The molecule has 0 N–H and O–H groups in total. The van der Waals surface area contributed by atoms with Crippen LogP contribution >= 0.6 is 11.6 Å². The van der Waals surface area contributed by atoms with E-state index >= 15 is 0 Å². The third-order valence-electron chi connectivity index (χ3n) is 3.51. The van der Waals surface area contributed by atoms with E-state index in [-0.39, 0.29) is 17.5 Å². The van der Waals surface area contributed by atoms with Crippen molar-refractivity contribution >= 4 is 11.6 Å². The van der Waals surface area contributed by atoms with E-state index in [4.69, 9.17) is 11.6 Å². The van der Waals surface area contributed by atoms with E-state index in [1.165, 1.54) is 5.56 Å². The molecular weight excluding hydrogens is 270 g/mol. The van der Waals surface area contributed by atoms with Crippen LogP contribution in [0, 0.1) is 0 Å². The van der Waals surface area contributed by atoms with Crippen molar-refractivity contribution in [2.75, 3.05) is 0 Å². The van der Waals surface area contributed by atoms with Gasteiger partial charge in [-0.2, -0.15) is 0 Å². The fourth-order valence-corrected chi connectivity index (χ4v) is 2.56. The maximum Gasteiger partial charge on any atom is 0.255 e. The Morgan fingerprint density at radius 1 is 1.10 bits per heavy atom. The molecule has 2 aromatic rings. The van der Waals surface area contributed by atoms with Gasteiger partial charge < -0.3 is 4.57 Å². The molecule has 2 nitrogen and oxygen atoms in total. The van der Waals surface area contributed by atoms with Crippen LogP contribution in [0.5, 0.6) is 0 Å². The van der Waals surface area contributed by atoms with Gasteiger partial charge in [-0.05, 0) is 37.5 Å². The summed E-state index contributed by atoms with van der Waals surface area (Å²) in [4.78, 5) is 12.4. The Kier molecular flexibility index (Phi) is 4.66. The van der Waals surface area contributed by atoms with Gasteiger partial charge in [-0.3, -0.25) is 4.79 Å². The minimum Gasteiger partial charge on any atom is -0.306 e. The Labute approximate surface area is 125 Å². The molecule has 20 heavy (non-hydrogen) atoms. The molecule has 0 aliphatic carbocycles. The fourth-order valence-electron chi connectivity index (χ4n) is 2.36. The molecule has 0 spiro atoms. The second-order valence-corrected chi connectivity index (χ2v) is 5.46. The molecule has 3 heteroatoms. The number of hydrogen-bond donors (Lipinski definition) is 0. The van der Waals surface area contributed by atoms with Gasteiger partial charge in [0.2, 0.25) is 0 Å². The van der Waals surface area contributed by atoms with E-state index in [0.717, 1.165) is 17.7 Å². The summed E-state index contributed by atoms with van der Waals surface area (Å²) in [5, 5.41) is 0. The van der Waals surface area contributed by atoms with Crippen LogP contribution in [-0.2, 0) is 12.3 Å². The Bertz CT molecular complexity index is 641. The minimum atomic E-state index is 0.00654. The highest BCUT2D eigenvalue weighted by Gasteiger charge is 2.12. The molecule has 0 bridgehead atoms. The molecular formula is C17H20ClNO. The lowest BCUT2D eigenvalue weighted by Gasteiger charge is -2.18. The van der Waals surface area contributed by atoms with E-state index < -0.39 is 0 Å². The molecule has 0 aliphatic heterocycles. The van der Waals surface area contributed by atoms with Gasteiger partial charge in [0.15, 0.2) is 0 Å². The highest BCUT2D eigenvalue weighted by atomic mass is 35.5. The SMILES string of the molecule is CCc1ccc(-c2ccc(CCl)c(=O)n2C(C)C)cc1. The van der Waals surface area contributed by atoms with E-state index in [1.807, 2.05) is 30.5 Å². The van der Waals surface area contributed by atoms with Crippen molar-refractivity contribution < 1.29 is 0 Å². The van der Waals surface area contributed by atoms with Crippen molar-refractivity contribution in [3.8, 4) is 11.3 Å². The first-order valence-electron chi connectivity index (χ1n) is 6.98. The lowest BCUT2D eigenvalue weighted by molar-refractivity contribution is 0.582. The van der Waals surface area contributed by atoms with Crippen LogP contribution in [0.4, 0.5) is 0 Å². The number of benzene rings is 1. The van der Waals surface area contributed by atoms with Gasteiger partial charge in [0.25, 0.3) is 5.56 Å². The molecule has 106 valence electrons. The Hall–Kier alpha value is -1.54. The number of alkyl halides is 1. The molecule has 0 saturated heterocycles. The third kappa shape index (κ3) is 2.80. The zero-order chi connectivity index (χ0) is 14.7. The Morgan fingerprint density at radius 2 is 1.75 bits per heavy atom. The number of nitrogens with zero attached hydrogens (tertiary/aromatic N) is 1. The summed E-state index contributed by atoms with van der Waals surface area (Å²) >= 11 is 5.83. The van der Waals surface area contributed by atoms with Crippen LogP contribution in [0.15, 0.2) is 41.2 Å². The highest BCUT2D eigenvalue weighted by Crippen LogP contribution is 2.22. The predicted molar refractivity (Wildman–Crippen MR) is 85.5 cm³/mol. The van der Waals surface area contributed by atoms with Gasteiger partial charge >= 0.3 is 0 Å². The van der Waals surface area contributed by atoms with E-state index in [2.05, 4.69) is 31.2 Å². The maximum absolute atomic E-state index is 12.4. The molecule has 0 amide bonds. The van der Waals surface area contributed by atoms with Crippen LogP contribution in [0.1, 0.15) is 37.9 Å². The molecule has 0 unspecified atom stereocenters. The number of halogens is 1. The second-order valence-electron chi connectivity index (χ2n) is 5.20. The van der Waals surface area contributed by atoms with Crippen molar-refractivity contribution in [3.05, 3.63) is 57.9 Å². The molecule has 0 fully saturated rings. The quantitative estimate of drug-likeness (QED) is 0.765. The summed E-state index contributed by atoms with van der Waals surface area (Å²) in [6, 6.07) is 12.3. The molecule has 0 saturated carbocycles. The first-order chi connectivity index (χ1) is 9.58. The summed E-state index contributed by atoms with van der Waals surface area (Å²) in [5.41, 5.74) is 3.96. The molecule has 1 aromatic heterocycles. The molecule has 0 atom stereocenters. The standard InChI is InChI=1S/C17H20ClNO/c1-4-13-5-7-14(8-6-13)16-10-9-15(11-18)17(20)19(16)12(2)3/h5-10,12H,4,11H2,1-3H3. The van der Waals surface area contributed by atoms with E-state index in [9.17, 15) is 4.79 Å². The number of aryl methyl sites for hydroxylation is 1. The van der Waals surface area contributed by atoms with Gasteiger partial charge in [0.1, 0.15) is 0 Å². The van der Waals surface area contributed by atoms with Crippen LogP contribution in [0.3, 0.4) is 0 Å². The van der Waals surface area contributed by atoms with Crippen LogP contribution in [-0.4, -0.2) is 4.57 Å². The van der Waals surface area contributed by atoms with E-state index in [0.29, 0.717) is 5.56 Å². The predicted octanol–water partition coefficient (Wildman–Crippen LogP) is 4.40. The normalized spacial score (nSPS) is 11.1. The van der Waals surface area contributed by atoms with Crippen LogP contribution in [0.25, 0.3) is 11.3 Å². The highest BCUT2D eigenvalue weighted by molar-refractivity contribution is 6.17. The van der Waals surface area contributed by atoms with Gasteiger partial charge in [0, 0.05) is 11.6 Å². The molecule has 1 heterocycles. The fraction of sp³-hybridized carbons (Fsp3) is 0.353. The Morgan fingerprint density at radius 3 is 2.25 bits per heavy atom. The summed E-state index contributed by atoms with van der Waals surface area (Å²) in [7, 11) is 0. The number of hydrogen-bond acceptors (Lipinski definition) is 1. The van der Waals surface area contributed by atoms with Crippen molar-refractivity contribution in [1.29, 1.82) is 0 Å².